The smallest absolute Gasteiger partial charge is 0.244 e. The van der Waals surface area contributed by atoms with Crippen molar-refractivity contribution < 1.29 is 13.5 Å². The van der Waals surface area contributed by atoms with Crippen LogP contribution in [0.5, 0.6) is 0 Å². The number of hydrogen-bond donors (Lipinski definition) is 1. The highest BCUT2D eigenvalue weighted by Crippen LogP contribution is 2.34. The van der Waals surface area contributed by atoms with E-state index in [1.165, 1.54) is 10.4 Å². The molecule has 1 aromatic rings. The first-order chi connectivity index (χ1) is 8.98. The minimum absolute atomic E-state index is 0.00187. The number of aliphatic hydroxyl groups excluding tert-OH is 1. The van der Waals surface area contributed by atoms with Crippen molar-refractivity contribution in [1.29, 1.82) is 0 Å². The third kappa shape index (κ3) is 2.90. The first-order valence-electron chi connectivity index (χ1n) is 6.05. The number of sulfonamides is 1. The topological polar surface area (TPSA) is 57.6 Å². The van der Waals surface area contributed by atoms with E-state index in [-0.39, 0.29) is 34.1 Å². The van der Waals surface area contributed by atoms with Gasteiger partial charge in [-0.1, -0.05) is 35.7 Å². The van der Waals surface area contributed by atoms with Crippen molar-refractivity contribution in [2.24, 2.45) is 0 Å². The molecule has 0 aromatic heterocycles. The second-order valence-electron chi connectivity index (χ2n) is 4.48. The molecule has 0 heterocycles. The van der Waals surface area contributed by atoms with Gasteiger partial charge in [0.15, 0.2) is 0 Å². The zero-order chi connectivity index (χ0) is 14.0. The van der Waals surface area contributed by atoms with Crippen LogP contribution in [0.25, 0.3) is 0 Å². The van der Waals surface area contributed by atoms with Gasteiger partial charge in [0.05, 0.1) is 16.7 Å². The summed E-state index contributed by atoms with van der Waals surface area (Å²) in [6, 6.07) is 4.49. The molecule has 1 N–H and O–H groups in total. The molecule has 1 fully saturated rings. The van der Waals surface area contributed by atoms with Gasteiger partial charge in [-0.15, -0.1) is 0 Å². The zero-order valence-electron chi connectivity index (χ0n) is 10.2. The molecule has 1 aromatic carbocycles. The predicted molar refractivity (Wildman–Crippen MR) is 75.1 cm³/mol. The van der Waals surface area contributed by atoms with Crippen LogP contribution >= 0.6 is 23.2 Å². The van der Waals surface area contributed by atoms with Gasteiger partial charge in [-0.05, 0) is 25.0 Å². The Hall–Kier alpha value is -0.330. The highest BCUT2D eigenvalue weighted by atomic mass is 35.5. The fourth-order valence-electron chi connectivity index (χ4n) is 2.08. The molecule has 7 heteroatoms. The maximum absolute atomic E-state index is 12.6. The molecule has 0 bridgehead atoms. The summed E-state index contributed by atoms with van der Waals surface area (Å²) in [5, 5.41) is 9.32. The fourth-order valence-corrected chi connectivity index (χ4v) is 4.50. The van der Waals surface area contributed by atoms with E-state index in [0.717, 1.165) is 19.3 Å². The average molecular weight is 324 g/mol. The third-order valence-corrected chi connectivity index (χ3v) is 6.23. The maximum Gasteiger partial charge on any atom is 0.244 e. The molecule has 0 spiro atoms. The van der Waals surface area contributed by atoms with Crippen LogP contribution < -0.4 is 0 Å². The normalized spacial score (nSPS) is 16.6. The lowest BCUT2D eigenvalue weighted by Gasteiger charge is -2.36. The summed E-state index contributed by atoms with van der Waals surface area (Å²) in [6.45, 7) is -0.135. The Kier molecular flexibility index (Phi) is 4.74. The van der Waals surface area contributed by atoms with E-state index in [1.54, 1.807) is 12.1 Å². The molecule has 1 aliphatic rings. The molecule has 0 unspecified atom stereocenters. The van der Waals surface area contributed by atoms with Gasteiger partial charge in [-0.3, -0.25) is 0 Å². The van der Waals surface area contributed by atoms with Gasteiger partial charge in [-0.25, -0.2) is 8.42 Å². The summed E-state index contributed by atoms with van der Waals surface area (Å²) >= 11 is 11.9. The Morgan fingerprint density at radius 2 is 2.00 bits per heavy atom. The minimum atomic E-state index is -3.72. The van der Waals surface area contributed by atoms with Crippen molar-refractivity contribution in [2.75, 3.05) is 13.2 Å². The molecule has 0 atom stereocenters. The van der Waals surface area contributed by atoms with Gasteiger partial charge in [0, 0.05) is 12.6 Å². The molecule has 2 rings (SSSR count). The lowest BCUT2D eigenvalue weighted by Crippen LogP contribution is -2.45. The van der Waals surface area contributed by atoms with E-state index in [4.69, 9.17) is 28.3 Å². The molecule has 106 valence electrons. The van der Waals surface area contributed by atoms with Crippen LogP contribution in [0.1, 0.15) is 19.3 Å². The first kappa shape index (κ1) is 15.1. The molecular weight excluding hydrogens is 309 g/mol. The van der Waals surface area contributed by atoms with E-state index >= 15 is 0 Å². The summed E-state index contributed by atoms with van der Waals surface area (Å²) < 4.78 is 26.5. The molecular formula is C12H15Cl2NO3S. The molecule has 0 amide bonds. The Labute approximate surface area is 123 Å². The summed E-state index contributed by atoms with van der Waals surface area (Å²) in [5.41, 5.74) is 0. The van der Waals surface area contributed by atoms with Crippen molar-refractivity contribution in [1.82, 2.24) is 4.31 Å². The quantitative estimate of drug-likeness (QED) is 0.905. The van der Waals surface area contributed by atoms with E-state index in [1.807, 2.05) is 0 Å². The van der Waals surface area contributed by atoms with Crippen LogP contribution in [0.2, 0.25) is 10.0 Å². The van der Waals surface area contributed by atoms with Crippen LogP contribution in [-0.4, -0.2) is 37.0 Å². The van der Waals surface area contributed by atoms with Crippen LogP contribution in [0.3, 0.4) is 0 Å². The number of hydrogen-bond acceptors (Lipinski definition) is 3. The van der Waals surface area contributed by atoms with E-state index < -0.39 is 10.0 Å². The highest BCUT2D eigenvalue weighted by molar-refractivity contribution is 7.89. The summed E-state index contributed by atoms with van der Waals surface area (Å²) in [4.78, 5) is 0.00187. The van der Waals surface area contributed by atoms with Gasteiger partial charge in [-0.2, -0.15) is 4.31 Å². The zero-order valence-corrected chi connectivity index (χ0v) is 12.5. The monoisotopic (exact) mass is 323 g/mol. The van der Waals surface area contributed by atoms with Gasteiger partial charge in [0.25, 0.3) is 0 Å². The average Bonchev–Trinajstić information content (AvgIpc) is 2.29. The molecule has 4 nitrogen and oxygen atoms in total. The number of aliphatic hydroxyl groups is 1. The number of rotatable bonds is 5. The molecule has 1 aliphatic carbocycles. The number of benzene rings is 1. The standard InChI is InChI=1S/C12H15Cl2NO3S/c13-10-5-2-6-11(12(10)14)19(17,18)15(7-8-16)9-3-1-4-9/h2,5-6,9,16H,1,3-4,7-8H2. The SMILES string of the molecule is O=S(=O)(c1cccc(Cl)c1Cl)N(CCO)C1CCC1. The summed E-state index contributed by atoms with van der Waals surface area (Å²) in [6.07, 6.45) is 2.64. The second kappa shape index (κ2) is 5.97. The van der Waals surface area contributed by atoms with Crippen molar-refractivity contribution in [3.8, 4) is 0 Å². The second-order valence-corrected chi connectivity index (χ2v) is 7.12. The Morgan fingerprint density at radius 3 is 2.53 bits per heavy atom. The molecule has 0 radical (unpaired) electrons. The summed E-state index contributed by atoms with van der Waals surface area (Å²) in [7, 11) is -3.72. The highest BCUT2D eigenvalue weighted by Gasteiger charge is 2.35. The lowest BCUT2D eigenvalue weighted by molar-refractivity contribution is 0.178. The Balaban J connectivity index is 2.41. The third-order valence-electron chi connectivity index (χ3n) is 3.31. The number of halogens is 2. The van der Waals surface area contributed by atoms with Crippen molar-refractivity contribution in [3.63, 3.8) is 0 Å². The van der Waals surface area contributed by atoms with Gasteiger partial charge in [0.2, 0.25) is 10.0 Å². The van der Waals surface area contributed by atoms with Crippen LogP contribution in [0.4, 0.5) is 0 Å². The van der Waals surface area contributed by atoms with Crippen molar-refractivity contribution in [2.45, 2.75) is 30.2 Å². The van der Waals surface area contributed by atoms with Crippen molar-refractivity contribution in [3.05, 3.63) is 28.2 Å². The first-order valence-corrected chi connectivity index (χ1v) is 8.25. The van der Waals surface area contributed by atoms with Crippen molar-refractivity contribution >= 4 is 33.2 Å². The number of nitrogens with zero attached hydrogens (tertiary/aromatic N) is 1. The molecule has 0 saturated heterocycles. The lowest BCUT2D eigenvalue weighted by atomic mass is 9.93. The molecule has 1 saturated carbocycles. The minimum Gasteiger partial charge on any atom is -0.395 e. The van der Waals surface area contributed by atoms with Crippen LogP contribution in [0, 0.1) is 0 Å². The van der Waals surface area contributed by atoms with Gasteiger partial charge in [0.1, 0.15) is 4.90 Å². The predicted octanol–water partition coefficient (Wildman–Crippen LogP) is 2.53. The molecule has 19 heavy (non-hydrogen) atoms. The van der Waals surface area contributed by atoms with E-state index in [9.17, 15) is 8.42 Å². The summed E-state index contributed by atoms with van der Waals surface area (Å²) in [5.74, 6) is 0. The van der Waals surface area contributed by atoms with Gasteiger partial charge >= 0.3 is 0 Å². The maximum atomic E-state index is 12.6. The fraction of sp³-hybridized carbons (Fsp3) is 0.500. The Morgan fingerprint density at radius 1 is 1.32 bits per heavy atom. The van der Waals surface area contributed by atoms with E-state index in [0.29, 0.717) is 0 Å². The largest absolute Gasteiger partial charge is 0.395 e. The van der Waals surface area contributed by atoms with Gasteiger partial charge < -0.3 is 5.11 Å². The van der Waals surface area contributed by atoms with Crippen LogP contribution in [0.15, 0.2) is 23.1 Å². The van der Waals surface area contributed by atoms with Crippen LogP contribution in [-0.2, 0) is 10.0 Å². The van der Waals surface area contributed by atoms with E-state index in [2.05, 4.69) is 0 Å². The molecule has 0 aliphatic heterocycles. The Bertz CT molecular complexity index is 558.